The first-order valence-corrected chi connectivity index (χ1v) is 6.44. The maximum atomic E-state index is 13.4. The summed E-state index contributed by atoms with van der Waals surface area (Å²) in [7, 11) is 0. The fourth-order valence-electron chi connectivity index (χ4n) is 1.68. The van der Waals surface area contributed by atoms with Crippen molar-refractivity contribution in [3.63, 3.8) is 0 Å². The van der Waals surface area contributed by atoms with Crippen LogP contribution in [0, 0.1) is 23.5 Å². The minimum Gasteiger partial charge on any atom is -0.489 e. The highest BCUT2D eigenvalue weighted by Gasteiger charge is 2.07. The number of aliphatic hydroxyl groups is 1. The van der Waals surface area contributed by atoms with E-state index in [2.05, 4.69) is 11.8 Å². The minimum absolute atomic E-state index is 0.00686. The van der Waals surface area contributed by atoms with E-state index in [4.69, 9.17) is 21.4 Å². The van der Waals surface area contributed by atoms with Crippen LogP contribution < -0.4 is 4.74 Å². The number of hydrogen-bond donors (Lipinski definition) is 1. The number of ether oxygens (including phenoxy) is 1. The van der Waals surface area contributed by atoms with Crippen LogP contribution in [0.3, 0.4) is 0 Å². The van der Waals surface area contributed by atoms with Crippen LogP contribution in [0.25, 0.3) is 0 Å². The van der Waals surface area contributed by atoms with Crippen LogP contribution >= 0.6 is 11.6 Å². The molecule has 5 heteroatoms. The van der Waals surface area contributed by atoms with Crippen molar-refractivity contribution in [3.05, 3.63) is 64.2 Å². The van der Waals surface area contributed by atoms with Gasteiger partial charge in [-0.1, -0.05) is 35.6 Å². The molecule has 0 saturated carbocycles. The molecule has 0 fully saturated rings. The Labute approximate surface area is 125 Å². The van der Waals surface area contributed by atoms with Crippen molar-refractivity contribution < 1.29 is 18.6 Å². The molecule has 0 spiro atoms. The summed E-state index contributed by atoms with van der Waals surface area (Å²) in [5.41, 5.74) is 0.841. The van der Waals surface area contributed by atoms with Crippen molar-refractivity contribution in [1.82, 2.24) is 0 Å². The summed E-state index contributed by atoms with van der Waals surface area (Å²) in [5, 5.41) is 8.61. The van der Waals surface area contributed by atoms with Gasteiger partial charge in [-0.05, 0) is 18.2 Å². The molecule has 1 N–H and O–H groups in total. The Morgan fingerprint density at radius 3 is 2.76 bits per heavy atom. The Morgan fingerprint density at radius 2 is 2.00 bits per heavy atom. The predicted molar refractivity (Wildman–Crippen MR) is 76.1 cm³/mol. The molecule has 2 nitrogen and oxygen atoms in total. The third-order valence-electron chi connectivity index (χ3n) is 2.61. The number of hydrogen-bond acceptors (Lipinski definition) is 2. The maximum Gasteiger partial charge on any atom is 0.142 e. The standard InChI is InChI=1S/C16H11ClF2O2/c17-16-12(4-1-5-15(16)19)10-21-14-8-11(3-2-6-20)7-13(18)9-14/h1,4-5,7-9,20H,6,10H2. The molecule has 0 radical (unpaired) electrons. The van der Waals surface area contributed by atoms with Crippen LogP contribution in [0.15, 0.2) is 36.4 Å². The fraction of sp³-hybridized carbons (Fsp3) is 0.125. The van der Waals surface area contributed by atoms with Crippen molar-refractivity contribution >= 4 is 11.6 Å². The molecule has 0 bridgehead atoms. The first-order chi connectivity index (χ1) is 10.1. The fourth-order valence-corrected chi connectivity index (χ4v) is 1.86. The zero-order valence-electron chi connectivity index (χ0n) is 10.9. The summed E-state index contributed by atoms with van der Waals surface area (Å²) in [6, 6.07) is 8.33. The van der Waals surface area contributed by atoms with E-state index in [1.54, 1.807) is 6.07 Å². The second-order valence-electron chi connectivity index (χ2n) is 4.14. The lowest BCUT2D eigenvalue weighted by Crippen LogP contribution is -1.98. The van der Waals surface area contributed by atoms with Gasteiger partial charge in [0.1, 0.15) is 30.6 Å². The second kappa shape index (κ2) is 7.07. The Bertz CT molecular complexity index is 705. The zero-order chi connectivity index (χ0) is 15.2. The van der Waals surface area contributed by atoms with Gasteiger partial charge in [-0.2, -0.15) is 0 Å². The van der Waals surface area contributed by atoms with Crippen molar-refractivity contribution in [2.45, 2.75) is 6.61 Å². The highest BCUT2D eigenvalue weighted by Crippen LogP contribution is 2.22. The normalized spacial score (nSPS) is 9.90. The van der Waals surface area contributed by atoms with Crippen molar-refractivity contribution in [1.29, 1.82) is 0 Å². The second-order valence-corrected chi connectivity index (χ2v) is 4.52. The molecule has 0 aliphatic rings. The average Bonchev–Trinajstić information content (AvgIpc) is 2.46. The molecule has 2 aromatic carbocycles. The van der Waals surface area contributed by atoms with E-state index in [1.165, 1.54) is 30.3 Å². The maximum absolute atomic E-state index is 13.4. The molecule has 0 amide bonds. The van der Waals surface area contributed by atoms with Crippen molar-refractivity contribution in [3.8, 4) is 17.6 Å². The van der Waals surface area contributed by atoms with Gasteiger partial charge in [-0.15, -0.1) is 0 Å². The van der Waals surface area contributed by atoms with Crippen LogP contribution in [0.5, 0.6) is 5.75 Å². The summed E-state index contributed by atoms with van der Waals surface area (Å²) in [6.45, 7) is -0.307. The Hall–Kier alpha value is -2.09. The lowest BCUT2D eigenvalue weighted by atomic mass is 10.2. The van der Waals surface area contributed by atoms with Crippen LogP contribution in [0.2, 0.25) is 5.02 Å². The minimum atomic E-state index is -0.536. The van der Waals surface area contributed by atoms with E-state index in [-0.39, 0.29) is 24.0 Å². The number of halogens is 3. The molecule has 0 heterocycles. The Morgan fingerprint density at radius 1 is 1.19 bits per heavy atom. The number of benzene rings is 2. The van der Waals surface area contributed by atoms with Crippen LogP contribution in [-0.2, 0) is 6.61 Å². The van der Waals surface area contributed by atoms with Gasteiger partial charge in [0.05, 0.1) is 5.02 Å². The average molecular weight is 309 g/mol. The van der Waals surface area contributed by atoms with Gasteiger partial charge in [-0.25, -0.2) is 8.78 Å². The third kappa shape index (κ3) is 4.19. The van der Waals surface area contributed by atoms with E-state index in [0.717, 1.165) is 0 Å². The molecule has 2 aromatic rings. The molecule has 0 saturated heterocycles. The van der Waals surface area contributed by atoms with Crippen LogP contribution in [0.1, 0.15) is 11.1 Å². The number of aliphatic hydroxyl groups excluding tert-OH is 1. The molecule has 0 atom stereocenters. The molecule has 21 heavy (non-hydrogen) atoms. The quantitative estimate of drug-likeness (QED) is 0.879. The molecular weight excluding hydrogens is 298 g/mol. The molecule has 0 unspecified atom stereocenters. The third-order valence-corrected chi connectivity index (χ3v) is 3.03. The molecule has 2 rings (SSSR count). The first kappa shape index (κ1) is 15.3. The van der Waals surface area contributed by atoms with E-state index in [1.807, 2.05) is 0 Å². The molecule has 0 aromatic heterocycles. The van der Waals surface area contributed by atoms with Crippen LogP contribution in [0.4, 0.5) is 8.78 Å². The monoisotopic (exact) mass is 308 g/mol. The van der Waals surface area contributed by atoms with Crippen molar-refractivity contribution in [2.24, 2.45) is 0 Å². The van der Waals surface area contributed by atoms with E-state index in [9.17, 15) is 8.78 Å². The van der Waals surface area contributed by atoms with Gasteiger partial charge >= 0.3 is 0 Å². The van der Waals surface area contributed by atoms with Crippen LogP contribution in [-0.4, -0.2) is 11.7 Å². The van der Waals surface area contributed by atoms with Gasteiger partial charge in [0.15, 0.2) is 0 Å². The summed E-state index contributed by atoms with van der Waals surface area (Å²) in [5.74, 6) is 4.21. The summed E-state index contributed by atoms with van der Waals surface area (Å²) in [4.78, 5) is 0. The van der Waals surface area contributed by atoms with Gasteiger partial charge in [0.2, 0.25) is 0 Å². The molecular formula is C16H11ClF2O2. The predicted octanol–water partition coefficient (Wildman–Crippen LogP) is 3.54. The van der Waals surface area contributed by atoms with E-state index in [0.29, 0.717) is 11.1 Å². The Kier molecular flexibility index (Phi) is 5.15. The van der Waals surface area contributed by atoms with Gasteiger partial charge in [0, 0.05) is 17.2 Å². The highest BCUT2D eigenvalue weighted by molar-refractivity contribution is 6.31. The molecule has 0 aliphatic heterocycles. The van der Waals surface area contributed by atoms with Gasteiger partial charge in [0.25, 0.3) is 0 Å². The molecule has 108 valence electrons. The molecule has 0 aliphatic carbocycles. The summed E-state index contributed by atoms with van der Waals surface area (Å²) >= 11 is 5.81. The zero-order valence-corrected chi connectivity index (χ0v) is 11.6. The van der Waals surface area contributed by atoms with Gasteiger partial charge in [-0.3, -0.25) is 0 Å². The summed E-state index contributed by atoms with van der Waals surface area (Å²) < 4.78 is 32.1. The smallest absolute Gasteiger partial charge is 0.142 e. The lowest BCUT2D eigenvalue weighted by molar-refractivity contribution is 0.304. The van der Waals surface area contributed by atoms with Crippen molar-refractivity contribution in [2.75, 3.05) is 6.61 Å². The first-order valence-electron chi connectivity index (χ1n) is 6.06. The number of rotatable bonds is 3. The van der Waals surface area contributed by atoms with E-state index < -0.39 is 11.6 Å². The highest BCUT2D eigenvalue weighted by atomic mass is 35.5. The summed E-state index contributed by atoms with van der Waals surface area (Å²) in [6.07, 6.45) is 0. The van der Waals surface area contributed by atoms with Gasteiger partial charge < -0.3 is 9.84 Å². The van der Waals surface area contributed by atoms with E-state index >= 15 is 0 Å². The largest absolute Gasteiger partial charge is 0.489 e. The lowest BCUT2D eigenvalue weighted by Gasteiger charge is -2.09. The topological polar surface area (TPSA) is 29.5 Å². The SMILES string of the molecule is OCC#Cc1cc(F)cc(OCc2cccc(F)c2Cl)c1. The Balaban J connectivity index is 2.16.